The number of carboxylic acid groups (broad SMARTS) is 2. The Morgan fingerprint density at radius 3 is 2.20 bits per heavy atom. The average molecular weight is 163 g/mol. The van der Waals surface area contributed by atoms with Crippen LogP contribution < -0.4 is 10.2 Å². The average Bonchev–Trinajstić information content (AvgIpc) is 1.58. The van der Waals surface area contributed by atoms with E-state index in [0.29, 0.717) is 6.08 Å². The van der Waals surface area contributed by atoms with Crippen molar-refractivity contribution in [3.63, 3.8) is 0 Å². The molecule has 0 radical (unpaired) electrons. The molecule has 0 aromatic rings. The fraction of sp³-hybridized carbons (Fsp3) is 0.200. The van der Waals surface area contributed by atoms with Gasteiger partial charge in [0.1, 0.15) is 0 Å². The number of hydrogen-bond donors (Lipinski definition) is 0. The normalized spacial score (nSPS) is 11.1. The first kappa shape index (κ1) is 8.97. The van der Waals surface area contributed by atoms with E-state index in [4.69, 9.17) is 11.6 Å². The molecule has 5 heteroatoms. The van der Waals surface area contributed by atoms with Crippen molar-refractivity contribution in [1.29, 1.82) is 0 Å². The van der Waals surface area contributed by atoms with Gasteiger partial charge in [0.2, 0.25) is 0 Å². The van der Waals surface area contributed by atoms with E-state index in [2.05, 4.69) is 0 Å². The van der Waals surface area contributed by atoms with Gasteiger partial charge in [0, 0.05) is 17.4 Å². The van der Waals surface area contributed by atoms with E-state index < -0.39 is 18.4 Å². The second kappa shape index (κ2) is 3.90. The third kappa shape index (κ3) is 5.11. The van der Waals surface area contributed by atoms with Gasteiger partial charge in [-0.3, -0.25) is 0 Å². The standard InChI is InChI=1S/C5H5ClO4/c6-3(1-4(7)8)2-5(9)10/h1H,2H2,(H,7,8)(H,9,10)/p-2/b3-1+. The van der Waals surface area contributed by atoms with Crippen molar-refractivity contribution < 1.29 is 19.8 Å². The number of rotatable bonds is 3. The summed E-state index contributed by atoms with van der Waals surface area (Å²) in [6, 6.07) is 0. The van der Waals surface area contributed by atoms with E-state index in [1.807, 2.05) is 0 Å². The molecule has 0 aromatic heterocycles. The SMILES string of the molecule is O=C([O-])/C=C(/Cl)CC(=O)[O-]. The van der Waals surface area contributed by atoms with Gasteiger partial charge >= 0.3 is 0 Å². The van der Waals surface area contributed by atoms with Crippen molar-refractivity contribution in [1.82, 2.24) is 0 Å². The quantitative estimate of drug-likeness (QED) is 0.450. The zero-order chi connectivity index (χ0) is 8.15. The van der Waals surface area contributed by atoms with E-state index in [1.54, 1.807) is 0 Å². The molecule has 56 valence electrons. The molecule has 0 N–H and O–H groups in total. The molecule has 0 bridgehead atoms. The number of aliphatic carboxylic acids is 2. The van der Waals surface area contributed by atoms with Crippen LogP contribution in [0, 0.1) is 0 Å². The molecule has 0 aliphatic carbocycles. The molecule has 0 unspecified atom stereocenters. The van der Waals surface area contributed by atoms with Crippen LogP contribution in [0.4, 0.5) is 0 Å². The maximum atomic E-state index is 9.74. The zero-order valence-electron chi connectivity index (χ0n) is 4.80. The molecule has 4 nitrogen and oxygen atoms in total. The topological polar surface area (TPSA) is 80.3 Å². The molecule has 0 aromatic carbocycles. The highest BCUT2D eigenvalue weighted by Gasteiger charge is 1.91. The van der Waals surface area contributed by atoms with Crippen molar-refractivity contribution in [2.45, 2.75) is 6.42 Å². The van der Waals surface area contributed by atoms with Gasteiger partial charge in [0.25, 0.3) is 0 Å². The Balaban J connectivity index is 3.95. The Bertz CT molecular complexity index is 184. The first-order chi connectivity index (χ1) is 4.52. The summed E-state index contributed by atoms with van der Waals surface area (Å²) in [7, 11) is 0. The fourth-order valence-corrected chi connectivity index (χ4v) is 0.515. The number of carbonyl (C=O) groups is 2. The summed E-state index contributed by atoms with van der Waals surface area (Å²) in [5.41, 5.74) is 0. The Kier molecular flexibility index (Phi) is 3.49. The van der Waals surface area contributed by atoms with Gasteiger partial charge in [-0.2, -0.15) is 0 Å². The van der Waals surface area contributed by atoms with Crippen molar-refractivity contribution in [2.24, 2.45) is 0 Å². The van der Waals surface area contributed by atoms with Crippen LogP contribution in [0.5, 0.6) is 0 Å². The van der Waals surface area contributed by atoms with Crippen LogP contribution in [0.2, 0.25) is 0 Å². The van der Waals surface area contributed by atoms with Gasteiger partial charge in [-0.1, -0.05) is 11.6 Å². The summed E-state index contributed by atoms with van der Waals surface area (Å²) in [5.74, 6) is -2.95. The molecule has 0 aliphatic heterocycles. The Morgan fingerprint density at radius 1 is 1.40 bits per heavy atom. The molecule has 0 spiro atoms. The van der Waals surface area contributed by atoms with Crippen LogP contribution in [0.1, 0.15) is 6.42 Å². The Labute approximate surface area is 61.7 Å². The molecule has 0 saturated heterocycles. The van der Waals surface area contributed by atoms with Crippen LogP contribution in [0.3, 0.4) is 0 Å². The number of halogens is 1. The van der Waals surface area contributed by atoms with Crippen LogP contribution in [0.15, 0.2) is 11.1 Å². The maximum Gasteiger partial charge on any atom is 0.0654 e. The summed E-state index contributed by atoms with van der Waals surface area (Å²) >= 11 is 5.09. The van der Waals surface area contributed by atoms with E-state index in [-0.39, 0.29) is 5.03 Å². The van der Waals surface area contributed by atoms with Crippen LogP contribution in [-0.2, 0) is 9.59 Å². The summed E-state index contributed by atoms with van der Waals surface area (Å²) < 4.78 is 0. The van der Waals surface area contributed by atoms with Gasteiger partial charge in [-0.15, -0.1) is 0 Å². The van der Waals surface area contributed by atoms with Crippen LogP contribution >= 0.6 is 11.6 Å². The largest absolute Gasteiger partial charge is 0.550 e. The smallest absolute Gasteiger partial charge is 0.0654 e. The highest BCUT2D eigenvalue weighted by atomic mass is 35.5. The first-order valence-electron chi connectivity index (χ1n) is 2.29. The van der Waals surface area contributed by atoms with Gasteiger partial charge < -0.3 is 19.8 Å². The van der Waals surface area contributed by atoms with Gasteiger partial charge in [0.05, 0.1) is 5.97 Å². The summed E-state index contributed by atoms with van der Waals surface area (Å²) in [6.07, 6.45) is -0.104. The molecule has 0 rings (SSSR count). The molecule has 0 saturated carbocycles. The second-order valence-corrected chi connectivity index (χ2v) is 1.94. The lowest BCUT2D eigenvalue weighted by Crippen LogP contribution is -2.23. The predicted octanol–water partition coefficient (Wildman–Crippen LogP) is -2.00. The Hall–Kier alpha value is -1.03. The fourth-order valence-electron chi connectivity index (χ4n) is 0.317. The first-order valence-corrected chi connectivity index (χ1v) is 2.67. The third-order valence-electron chi connectivity index (χ3n) is 0.588. The summed E-state index contributed by atoms with van der Waals surface area (Å²) in [4.78, 5) is 19.4. The number of carbonyl (C=O) groups excluding carboxylic acids is 2. The van der Waals surface area contributed by atoms with Gasteiger partial charge in [0.15, 0.2) is 0 Å². The van der Waals surface area contributed by atoms with Crippen molar-refractivity contribution >= 4 is 23.5 Å². The molecular formula is C5H3ClO4-2. The van der Waals surface area contributed by atoms with Crippen molar-refractivity contribution in [3.05, 3.63) is 11.1 Å². The minimum Gasteiger partial charge on any atom is -0.550 e. The predicted molar refractivity (Wildman–Crippen MR) is 28.6 cm³/mol. The highest BCUT2D eigenvalue weighted by Crippen LogP contribution is 2.04. The maximum absolute atomic E-state index is 9.74. The lowest BCUT2D eigenvalue weighted by molar-refractivity contribution is -0.304. The lowest BCUT2D eigenvalue weighted by Gasteiger charge is -1.99. The summed E-state index contributed by atoms with van der Waals surface area (Å²) in [6.45, 7) is 0. The zero-order valence-corrected chi connectivity index (χ0v) is 5.55. The van der Waals surface area contributed by atoms with E-state index >= 15 is 0 Å². The molecule has 10 heavy (non-hydrogen) atoms. The van der Waals surface area contributed by atoms with Gasteiger partial charge in [-0.25, -0.2) is 0 Å². The number of carboxylic acids is 2. The monoisotopic (exact) mass is 162 g/mol. The van der Waals surface area contributed by atoms with Crippen molar-refractivity contribution in [2.75, 3.05) is 0 Å². The molecule has 0 fully saturated rings. The van der Waals surface area contributed by atoms with E-state index in [0.717, 1.165) is 0 Å². The van der Waals surface area contributed by atoms with Crippen LogP contribution in [0.25, 0.3) is 0 Å². The van der Waals surface area contributed by atoms with Crippen LogP contribution in [-0.4, -0.2) is 11.9 Å². The molecule has 0 amide bonds. The highest BCUT2D eigenvalue weighted by molar-refractivity contribution is 6.31. The van der Waals surface area contributed by atoms with Crippen molar-refractivity contribution in [3.8, 4) is 0 Å². The molecule has 0 aliphatic rings. The molecule has 0 atom stereocenters. The number of hydrogen-bond acceptors (Lipinski definition) is 4. The third-order valence-corrected chi connectivity index (χ3v) is 0.830. The molecular weight excluding hydrogens is 160 g/mol. The van der Waals surface area contributed by atoms with E-state index in [1.165, 1.54) is 0 Å². The Morgan fingerprint density at radius 2 is 1.90 bits per heavy atom. The minimum absolute atomic E-state index is 0.319. The molecule has 0 heterocycles. The van der Waals surface area contributed by atoms with E-state index in [9.17, 15) is 19.8 Å². The second-order valence-electron chi connectivity index (χ2n) is 1.46. The lowest BCUT2D eigenvalue weighted by atomic mass is 10.4. The van der Waals surface area contributed by atoms with Gasteiger partial charge in [-0.05, 0) is 6.08 Å². The minimum atomic E-state index is -1.52. The summed E-state index contributed by atoms with van der Waals surface area (Å²) in [5, 5.41) is 19.1.